The number of benzene rings is 1. The van der Waals surface area contributed by atoms with Crippen molar-refractivity contribution in [2.45, 2.75) is 32.7 Å². The smallest absolute Gasteiger partial charge is 0.234 e. The minimum absolute atomic E-state index is 0.0539. The summed E-state index contributed by atoms with van der Waals surface area (Å²) in [7, 11) is 0. The number of anilines is 1. The van der Waals surface area contributed by atoms with Crippen molar-refractivity contribution in [3.05, 3.63) is 52.2 Å². The van der Waals surface area contributed by atoms with Crippen molar-refractivity contribution in [1.29, 1.82) is 0 Å². The van der Waals surface area contributed by atoms with Gasteiger partial charge < -0.3 is 5.32 Å². The van der Waals surface area contributed by atoms with E-state index in [0.29, 0.717) is 5.75 Å². The largest absolute Gasteiger partial charge is 0.325 e. The first kappa shape index (κ1) is 18.5. The van der Waals surface area contributed by atoms with Gasteiger partial charge in [0.05, 0.1) is 21.3 Å². The zero-order chi connectivity index (χ0) is 18.7. The number of nitrogens with one attached hydrogen (secondary N) is 1. The number of thiazole rings is 1. The van der Waals surface area contributed by atoms with Crippen molar-refractivity contribution in [3.8, 4) is 10.6 Å². The molecule has 0 fully saturated rings. The first-order valence-corrected chi connectivity index (χ1v) is 10.0. The van der Waals surface area contributed by atoms with Gasteiger partial charge in [-0.2, -0.15) is 0 Å². The molecule has 0 atom stereocenters. The molecule has 5 nitrogen and oxygen atoms in total. The van der Waals surface area contributed by atoms with Crippen molar-refractivity contribution in [1.82, 2.24) is 15.2 Å². The highest BCUT2D eigenvalue weighted by Crippen LogP contribution is 2.28. The maximum Gasteiger partial charge on any atom is 0.234 e. The van der Waals surface area contributed by atoms with Crippen LogP contribution in [0, 0.1) is 27.7 Å². The van der Waals surface area contributed by atoms with Crippen LogP contribution >= 0.6 is 23.1 Å². The third-order valence-electron chi connectivity index (χ3n) is 3.78. The van der Waals surface area contributed by atoms with E-state index in [-0.39, 0.29) is 5.91 Å². The van der Waals surface area contributed by atoms with Crippen molar-refractivity contribution < 1.29 is 4.79 Å². The van der Waals surface area contributed by atoms with Gasteiger partial charge in [-0.05, 0) is 51.5 Å². The average molecular weight is 385 g/mol. The molecular formula is C19H20N4OS2. The van der Waals surface area contributed by atoms with Gasteiger partial charge in [-0.1, -0.05) is 29.5 Å². The molecule has 134 valence electrons. The molecule has 0 bridgehead atoms. The number of hydrogen-bond donors (Lipinski definition) is 1. The molecule has 0 aliphatic carbocycles. The summed E-state index contributed by atoms with van der Waals surface area (Å²) in [5.74, 6) is 0.238. The van der Waals surface area contributed by atoms with E-state index in [9.17, 15) is 4.79 Å². The molecule has 3 rings (SSSR count). The van der Waals surface area contributed by atoms with E-state index in [4.69, 9.17) is 0 Å². The number of amides is 1. The van der Waals surface area contributed by atoms with Crippen LogP contribution in [0.1, 0.15) is 21.8 Å². The Hall–Kier alpha value is -2.25. The Morgan fingerprint density at radius 2 is 1.92 bits per heavy atom. The van der Waals surface area contributed by atoms with E-state index in [0.717, 1.165) is 37.5 Å². The standard InChI is InChI=1S/C19H20N4OS2/c1-11-5-6-15(12(2)9-11)21-17(24)10-25-18-8-7-16(22-23-18)19-13(3)20-14(4)26-19/h5-9H,10H2,1-4H3,(H,21,24). The molecular weight excluding hydrogens is 364 g/mol. The molecule has 1 aromatic carbocycles. The second kappa shape index (κ2) is 7.97. The number of carbonyl (C=O) groups is 1. The number of nitrogens with zero attached hydrogens (tertiary/aromatic N) is 3. The summed E-state index contributed by atoms with van der Waals surface area (Å²) in [6.45, 7) is 7.97. The summed E-state index contributed by atoms with van der Waals surface area (Å²) < 4.78 is 0. The molecule has 0 saturated heterocycles. The number of aromatic nitrogens is 3. The van der Waals surface area contributed by atoms with Gasteiger partial charge in [0.25, 0.3) is 0 Å². The van der Waals surface area contributed by atoms with Gasteiger partial charge >= 0.3 is 0 Å². The van der Waals surface area contributed by atoms with Crippen molar-refractivity contribution in [2.75, 3.05) is 11.1 Å². The normalized spacial score (nSPS) is 10.8. The van der Waals surface area contributed by atoms with E-state index < -0.39 is 0 Å². The molecule has 3 aromatic rings. The number of carbonyl (C=O) groups excluding carboxylic acids is 1. The first-order valence-electron chi connectivity index (χ1n) is 8.20. The molecule has 0 saturated carbocycles. The predicted molar refractivity (Wildman–Crippen MR) is 108 cm³/mol. The maximum absolute atomic E-state index is 12.2. The van der Waals surface area contributed by atoms with Crippen LogP contribution in [0.3, 0.4) is 0 Å². The van der Waals surface area contributed by atoms with E-state index in [1.165, 1.54) is 17.3 Å². The van der Waals surface area contributed by atoms with E-state index >= 15 is 0 Å². The zero-order valence-corrected chi connectivity index (χ0v) is 16.8. The van der Waals surface area contributed by atoms with Crippen LogP contribution in [-0.4, -0.2) is 26.8 Å². The Balaban J connectivity index is 1.59. The Bertz CT molecular complexity index is 935. The second-order valence-electron chi connectivity index (χ2n) is 6.06. The van der Waals surface area contributed by atoms with Crippen molar-refractivity contribution in [3.63, 3.8) is 0 Å². The summed E-state index contributed by atoms with van der Waals surface area (Å²) in [4.78, 5) is 17.6. The lowest BCUT2D eigenvalue weighted by atomic mass is 10.1. The SMILES string of the molecule is Cc1ccc(NC(=O)CSc2ccc(-c3sc(C)nc3C)nn2)c(C)c1. The lowest BCUT2D eigenvalue weighted by molar-refractivity contribution is -0.113. The highest BCUT2D eigenvalue weighted by Gasteiger charge is 2.11. The third-order valence-corrected chi connectivity index (χ3v) is 5.80. The topological polar surface area (TPSA) is 67.8 Å². The molecule has 2 heterocycles. The summed E-state index contributed by atoms with van der Waals surface area (Å²) in [5, 5.41) is 13.2. The van der Waals surface area contributed by atoms with Crippen LogP contribution in [0.25, 0.3) is 10.6 Å². The number of aryl methyl sites for hydroxylation is 4. The number of hydrogen-bond acceptors (Lipinski definition) is 6. The minimum atomic E-state index is -0.0539. The van der Waals surface area contributed by atoms with Gasteiger partial charge in [-0.3, -0.25) is 4.79 Å². The number of rotatable bonds is 5. The molecule has 0 aliphatic heterocycles. The van der Waals surface area contributed by atoms with E-state index in [1.54, 1.807) is 11.3 Å². The Kier molecular flexibility index (Phi) is 5.68. The van der Waals surface area contributed by atoms with Crippen molar-refractivity contribution in [2.24, 2.45) is 0 Å². The molecule has 7 heteroatoms. The van der Waals surface area contributed by atoms with Gasteiger partial charge in [-0.15, -0.1) is 21.5 Å². The van der Waals surface area contributed by atoms with Gasteiger partial charge in [0, 0.05) is 5.69 Å². The first-order chi connectivity index (χ1) is 12.4. The van der Waals surface area contributed by atoms with Crippen LogP contribution in [0.5, 0.6) is 0 Å². The molecule has 0 radical (unpaired) electrons. The average Bonchev–Trinajstić information content (AvgIpc) is 2.94. The van der Waals surface area contributed by atoms with Gasteiger partial charge in [0.2, 0.25) is 5.91 Å². The number of thioether (sulfide) groups is 1. The van der Waals surface area contributed by atoms with Crippen LogP contribution in [0.2, 0.25) is 0 Å². The summed E-state index contributed by atoms with van der Waals surface area (Å²) in [6.07, 6.45) is 0. The van der Waals surface area contributed by atoms with Crippen LogP contribution in [0.4, 0.5) is 5.69 Å². The molecule has 1 N–H and O–H groups in total. The van der Waals surface area contributed by atoms with E-state index in [1.807, 2.05) is 52.0 Å². The fourth-order valence-electron chi connectivity index (χ4n) is 2.57. The molecule has 26 heavy (non-hydrogen) atoms. The summed E-state index contributed by atoms with van der Waals surface area (Å²) >= 11 is 2.98. The zero-order valence-electron chi connectivity index (χ0n) is 15.2. The second-order valence-corrected chi connectivity index (χ2v) is 8.26. The third kappa shape index (κ3) is 4.47. The summed E-state index contributed by atoms with van der Waals surface area (Å²) in [6, 6.07) is 9.80. The Morgan fingerprint density at radius 1 is 1.12 bits per heavy atom. The molecule has 0 spiro atoms. The van der Waals surface area contributed by atoms with Crippen molar-refractivity contribution >= 4 is 34.7 Å². The Labute approximate surface area is 161 Å². The highest BCUT2D eigenvalue weighted by molar-refractivity contribution is 7.99. The fourth-order valence-corrected chi connectivity index (χ4v) is 4.07. The quantitative estimate of drug-likeness (QED) is 0.653. The Morgan fingerprint density at radius 3 is 2.54 bits per heavy atom. The highest BCUT2D eigenvalue weighted by atomic mass is 32.2. The van der Waals surface area contributed by atoms with Crippen LogP contribution in [0.15, 0.2) is 35.4 Å². The monoisotopic (exact) mass is 384 g/mol. The molecule has 1 amide bonds. The maximum atomic E-state index is 12.2. The minimum Gasteiger partial charge on any atom is -0.325 e. The van der Waals surface area contributed by atoms with Crippen LogP contribution < -0.4 is 5.32 Å². The summed E-state index contributed by atoms with van der Waals surface area (Å²) in [5.41, 5.74) is 4.87. The fraction of sp³-hybridized carbons (Fsp3) is 0.263. The van der Waals surface area contributed by atoms with Gasteiger partial charge in [-0.25, -0.2) is 4.98 Å². The van der Waals surface area contributed by atoms with Gasteiger partial charge in [0.15, 0.2) is 0 Å². The molecule has 2 aromatic heterocycles. The lowest BCUT2D eigenvalue weighted by Gasteiger charge is -2.08. The molecule has 0 aliphatic rings. The lowest BCUT2D eigenvalue weighted by Crippen LogP contribution is -2.15. The molecule has 0 unspecified atom stereocenters. The van der Waals surface area contributed by atoms with E-state index in [2.05, 4.69) is 26.6 Å². The van der Waals surface area contributed by atoms with Gasteiger partial charge in [0.1, 0.15) is 10.7 Å². The predicted octanol–water partition coefficient (Wildman–Crippen LogP) is 4.56. The van der Waals surface area contributed by atoms with Crippen LogP contribution in [-0.2, 0) is 4.79 Å².